The topological polar surface area (TPSA) is 48.1 Å². The Morgan fingerprint density at radius 2 is 2.00 bits per heavy atom. The molecule has 0 bridgehead atoms. The van der Waals surface area contributed by atoms with Crippen LogP contribution >= 0.6 is 0 Å². The summed E-state index contributed by atoms with van der Waals surface area (Å²) in [6.45, 7) is 4.07. The molecule has 0 radical (unpaired) electrons. The van der Waals surface area contributed by atoms with Gasteiger partial charge in [-0.1, -0.05) is 30.4 Å². The fraction of sp³-hybridized carbons (Fsp3) is 0.522. The Morgan fingerprint density at radius 3 is 2.81 bits per heavy atom. The normalized spacial score (nSPS) is 21.6. The lowest BCUT2D eigenvalue weighted by molar-refractivity contribution is -0.126. The molecule has 2 aliphatic rings. The number of aromatic nitrogens is 1. The number of rotatable bonds is 6. The van der Waals surface area contributed by atoms with E-state index in [0.29, 0.717) is 0 Å². The highest BCUT2D eigenvalue weighted by Crippen LogP contribution is 2.23. The lowest BCUT2D eigenvalue weighted by Crippen LogP contribution is -2.42. The third-order valence-electron chi connectivity index (χ3n) is 6.22. The molecule has 0 spiro atoms. The molecule has 1 saturated heterocycles. The molecule has 1 aliphatic carbocycles. The number of piperidine rings is 1. The highest BCUT2D eigenvalue weighted by molar-refractivity contribution is 5.83. The van der Waals surface area contributed by atoms with Gasteiger partial charge in [0.05, 0.1) is 0 Å². The number of nitrogens with zero attached hydrogens (tertiary/aromatic N) is 1. The van der Waals surface area contributed by atoms with Crippen LogP contribution in [0.15, 0.2) is 42.6 Å². The number of likely N-dealkylation sites (tertiary alicyclic amines) is 1. The number of allylic oxidation sites excluding steroid dienone is 2. The third-order valence-corrected chi connectivity index (χ3v) is 6.22. The van der Waals surface area contributed by atoms with E-state index >= 15 is 0 Å². The zero-order valence-corrected chi connectivity index (χ0v) is 16.1. The second kappa shape index (κ2) is 8.75. The number of hydrogen-bond donors (Lipinski definition) is 2. The molecular weight excluding hydrogens is 334 g/mol. The van der Waals surface area contributed by atoms with Crippen molar-refractivity contribution < 1.29 is 4.79 Å². The van der Waals surface area contributed by atoms with E-state index in [2.05, 4.69) is 51.7 Å². The summed E-state index contributed by atoms with van der Waals surface area (Å²) >= 11 is 0. The number of benzene rings is 1. The number of para-hydroxylation sites is 1. The predicted octanol–water partition coefficient (Wildman–Crippen LogP) is 3.89. The molecule has 2 N–H and O–H groups in total. The van der Waals surface area contributed by atoms with Crippen molar-refractivity contribution in [3.8, 4) is 0 Å². The maximum Gasteiger partial charge on any atom is 0.223 e. The molecule has 2 aromatic rings. The first kappa shape index (κ1) is 18.3. The first-order valence-electron chi connectivity index (χ1n) is 10.5. The minimum Gasteiger partial charge on any atom is -0.361 e. The van der Waals surface area contributed by atoms with Crippen LogP contribution in [0, 0.1) is 11.8 Å². The first-order chi connectivity index (χ1) is 13.3. The molecule has 1 aromatic heterocycles. The number of amides is 1. The van der Waals surface area contributed by atoms with Crippen molar-refractivity contribution in [2.75, 3.05) is 26.2 Å². The minimum atomic E-state index is 0.190. The van der Waals surface area contributed by atoms with E-state index in [1.807, 2.05) is 6.07 Å². The van der Waals surface area contributed by atoms with Gasteiger partial charge < -0.3 is 15.2 Å². The quantitative estimate of drug-likeness (QED) is 0.763. The highest BCUT2D eigenvalue weighted by Gasteiger charge is 2.26. The van der Waals surface area contributed by atoms with Gasteiger partial charge in [0.15, 0.2) is 0 Å². The molecule has 4 heteroatoms. The molecule has 1 atom stereocenters. The Hall–Kier alpha value is -2.07. The van der Waals surface area contributed by atoms with E-state index in [4.69, 9.17) is 0 Å². The number of H-pyrrole nitrogens is 1. The molecule has 1 aliphatic heterocycles. The Balaban J connectivity index is 1.19. The van der Waals surface area contributed by atoms with Gasteiger partial charge >= 0.3 is 0 Å². The van der Waals surface area contributed by atoms with Crippen LogP contribution in [0.4, 0.5) is 0 Å². The molecular formula is C23H31N3O. The summed E-state index contributed by atoms with van der Waals surface area (Å²) in [5, 5.41) is 4.43. The standard InChI is InChI=1S/C23H31N3O/c27-23(24-13-10-20-16-25-22-9-5-4-8-21(20)22)19-11-14-26(15-12-19)17-18-6-2-1-3-7-18/h1-2,4-5,8-9,16,18-19,25H,3,6-7,10-15,17H2,(H,24,27). The van der Waals surface area contributed by atoms with Crippen LogP contribution in [0.3, 0.4) is 0 Å². The number of nitrogens with one attached hydrogen (secondary N) is 2. The summed E-state index contributed by atoms with van der Waals surface area (Å²) < 4.78 is 0. The van der Waals surface area contributed by atoms with Gasteiger partial charge in [0, 0.05) is 36.1 Å². The summed E-state index contributed by atoms with van der Waals surface area (Å²) in [7, 11) is 0. The Labute approximate surface area is 162 Å². The molecule has 1 unspecified atom stereocenters. The summed E-state index contributed by atoms with van der Waals surface area (Å²) in [5.41, 5.74) is 2.45. The van der Waals surface area contributed by atoms with Crippen molar-refractivity contribution in [1.82, 2.24) is 15.2 Å². The lowest BCUT2D eigenvalue weighted by Gasteiger charge is -2.34. The second-order valence-electron chi connectivity index (χ2n) is 8.13. The van der Waals surface area contributed by atoms with Crippen LogP contribution in [0.25, 0.3) is 10.9 Å². The Morgan fingerprint density at radius 1 is 1.15 bits per heavy atom. The number of fused-ring (bicyclic) bond motifs is 1. The number of carbonyl (C=O) groups excluding carboxylic acids is 1. The summed E-state index contributed by atoms with van der Waals surface area (Å²) in [6.07, 6.45) is 13.4. The SMILES string of the molecule is O=C(NCCc1c[nH]c2ccccc12)C1CCN(CC2CC=CCC2)CC1. The van der Waals surface area contributed by atoms with Gasteiger partial charge in [-0.25, -0.2) is 0 Å². The molecule has 0 saturated carbocycles. The van der Waals surface area contributed by atoms with Crippen LogP contribution in [0.2, 0.25) is 0 Å². The monoisotopic (exact) mass is 365 g/mol. The van der Waals surface area contributed by atoms with Crippen molar-refractivity contribution in [3.63, 3.8) is 0 Å². The van der Waals surface area contributed by atoms with E-state index in [1.165, 1.54) is 42.3 Å². The second-order valence-corrected chi connectivity index (χ2v) is 8.13. The van der Waals surface area contributed by atoms with Gasteiger partial charge in [-0.2, -0.15) is 0 Å². The molecule has 1 aromatic carbocycles. The van der Waals surface area contributed by atoms with Crippen LogP contribution in [0.1, 0.15) is 37.7 Å². The van der Waals surface area contributed by atoms with E-state index in [1.54, 1.807) is 0 Å². The van der Waals surface area contributed by atoms with Crippen molar-refractivity contribution in [3.05, 3.63) is 48.2 Å². The average molecular weight is 366 g/mol. The highest BCUT2D eigenvalue weighted by atomic mass is 16.1. The molecule has 2 heterocycles. The van der Waals surface area contributed by atoms with Gasteiger partial charge in [-0.15, -0.1) is 0 Å². The molecule has 4 nitrogen and oxygen atoms in total. The number of aromatic amines is 1. The van der Waals surface area contributed by atoms with Crippen molar-refractivity contribution in [1.29, 1.82) is 0 Å². The van der Waals surface area contributed by atoms with Crippen LogP contribution in [0.5, 0.6) is 0 Å². The summed E-state index contributed by atoms with van der Waals surface area (Å²) in [5.74, 6) is 1.25. The fourth-order valence-electron chi connectivity index (χ4n) is 4.57. The first-order valence-corrected chi connectivity index (χ1v) is 10.5. The molecule has 1 amide bonds. The third kappa shape index (κ3) is 4.62. The van der Waals surface area contributed by atoms with Gasteiger partial charge in [0.25, 0.3) is 0 Å². The zero-order chi connectivity index (χ0) is 18.5. The van der Waals surface area contributed by atoms with Crippen molar-refractivity contribution in [2.45, 2.75) is 38.5 Å². The fourth-order valence-corrected chi connectivity index (χ4v) is 4.57. The van der Waals surface area contributed by atoms with Gasteiger partial charge in [0.1, 0.15) is 0 Å². The van der Waals surface area contributed by atoms with Crippen molar-refractivity contribution in [2.24, 2.45) is 11.8 Å². The Bertz CT molecular complexity index is 786. The molecule has 27 heavy (non-hydrogen) atoms. The van der Waals surface area contributed by atoms with Crippen LogP contribution in [-0.4, -0.2) is 42.0 Å². The van der Waals surface area contributed by atoms with E-state index in [9.17, 15) is 4.79 Å². The summed E-state index contributed by atoms with van der Waals surface area (Å²) in [4.78, 5) is 18.4. The minimum absolute atomic E-state index is 0.190. The number of carbonyl (C=O) groups is 1. The predicted molar refractivity (Wildman–Crippen MR) is 111 cm³/mol. The Kier molecular flexibility index (Phi) is 5.93. The largest absolute Gasteiger partial charge is 0.361 e. The maximum atomic E-state index is 12.5. The van der Waals surface area contributed by atoms with E-state index in [-0.39, 0.29) is 11.8 Å². The van der Waals surface area contributed by atoms with Crippen LogP contribution in [-0.2, 0) is 11.2 Å². The maximum absolute atomic E-state index is 12.5. The molecule has 4 rings (SSSR count). The summed E-state index contributed by atoms with van der Waals surface area (Å²) in [6, 6.07) is 8.34. The van der Waals surface area contributed by atoms with Crippen molar-refractivity contribution >= 4 is 16.8 Å². The molecule has 1 fully saturated rings. The van der Waals surface area contributed by atoms with Gasteiger partial charge in [0.2, 0.25) is 5.91 Å². The zero-order valence-electron chi connectivity index (χ0n) is 16.1. The average Bonchev–Trinajstić information content (AvgIpc) is 3.12. The van der Waals surface area contributed by atoms with Gasteiger partial charge in [-0.05, 0) is 69.2 Å². The molecule has 144 valence electrons. The van der Waals surface area contributed by atoms with Crippen LogP contribution < -0.4 is 5.32 Å². The van der Waals surface area contributed by atoms with E-state index in [0.717, 1.165) is 44.8 Å². The van der Waals surface area contributed by atoms with E-state index < -0.39 is 0 Å². The smallest absolute Gasteiger partial charge is 0.223 e. The number of hydrogen-bond acceptors (Lipinski definition) is 2. The van der Waals surface area contributed by atoms with Gasteiger partial charge in [-0.3, -0.25) is 4.79 Å². The lowest BCUT2D eigenvalue weighted by atomic mass is 9.91.